The first kappa shape index (κ1) is 25.6. The average Bonchev–Trinajstić information content (AvgIpc) is 2.81. The number of aliphatic carboxylic acids is 1. The molecule has 0 saturated heterocycles. The number of nitrogens with one attached hydrogen (secondary N) is 1. The van der Waals surface area contributed by atoms with Crippen LogP contribution in [0.1, 0.15) is 54.1 Å². The van der Waals surface area contributed by atoms with Crippen LogP contribution < -0.4 is 14.8 Å². The quantitative estimate of drug-likeness (QED) is 0.474. The Labute approximate surface area is 201 Å². The molecule has 1 amide bonds. The summed E-state index contributed by atoms with van der Waals surface area (Å²) < 4.78 is 16.9. The van der Waals surface area contributed by atoms with Gasteiger partial charge < -0.3 is 24.6 Å². The van der Waals surface area contributed by atoms with Crippen molar-refractivity contribution in [3.8, 4) is 11.5 Å². The number of carboxylic acids is 1. The summed E-state index contributed by atoms with van der Waals surface area (Å²) in [7, 11) is 1.60. The van der Waals surface area contributed by atoms with Crippen LogP contribution in [0.4, 0.5) is 0 Å². The fourth-order valence-electron chi connectivity index (χ4n) is 4.20. The highest BCUT2D eigenvalue weighted by atomic mass is 16.5. The Morgan fingerprint density at radius 3 is 2.44 bits per heavy atom. The van der Waals surface area contributed by atoms with Crippen molar-refractivity contribution < 1.29 is 28.9 Å². The van der Waals surface area contributed by atoms with Crippen LogP contribution >= 0.6 is 0 Å². The van der Waals surface area contributed by atoms with Crippen molar-refractivity contribution in [3.05, 3.63) is 59.2 Å². The van der Waals surface area contributed by atoms with Gasteiger partial charge in [0.15, 0.2) is 11.5 Å². The molecule has 184 valence electrons. The van der Waals surface area contributed by atoms with E-state index >= 15 is 0 Å². The van der Waals surface area contributed by atoms with Crippen LogP contribution in [0.15, 0.2) is 42.5 Å². The number of ether oxygens (including phenoxy) is 3. The van der Waals surface area contributed by atoms with E-state index in [0.717, 1.165) is 18.4 Å². The molecule has 2 aromatic carbocycles. The minimum Gasteiger partial charge on any atom is -0.489 e. The fourth-order valence-corrected chi connectivity index (χ4v) is 4.20. The van der Waals surface area contributed by atoms with Gasteiger partial charge in [0.25, 0.3) is 5.91 Å². The number of methoxy groups -OCH3 is 1. The van der Waals surface area contributed by atoms with Crippen molar-refractivity contribution in [2.75, 3.05) is 26.9 Å². The van der Waals surface area contributed by atoms with Crippen LogP contribution in [0.5, 0.6) is 11.5 Å². The Kier molecular flexibility index (Phi) is 8.93. The molecule has 7 nitrogen and oxygen atoms in total. The smallest absolute Gasteiger partial charge is 0.329 e. The van der Waals surface area contributed by atoms with E-state index in [9.17, 15) is 14.7 Å². The second kappa shape index (κ2) is 11.9. The molecule has 0 aliphatic heterocycles. The molecule has 1 aliphatic rings. The molecule has 3 rings (SSSR count). The van der Waals surface area contributed by atoms with Gasteiger partial charge in [0.2, 0.25) is 0 Å². The summed E-state index contributed by atoms with van der Waals surface area (Å²) in [5.74, 6) is 0.00229. The summed E-state index contributed by atoms with van der Waals surface area (Å²) in [5.41, 5.74) is 1.45. The zero-order chi connectivity index (χ0) is 24.6. The third-order valence-electron chi connectivity index (χ3n) is 6.37. The lowest BCUT2D eigenvalue weighted by Crippen LogP contribution is -2.56. The molecule has 1 fully saturated rings. The predicted octanol–water partition coefficient (Wildman–Crippen LogP) is 4.41. The lowest BCUT2D eigenvalue weighted by Gasteiger charge is -2.36. The Morgan fingerprint density at radius 2 is 1.76 bits per heavy atom. The molecule has 0 aromatic heterocycles. The number of aryl methyl sites for hydroxylation is 1. The number of benzene rings is 2. The largest absolute Gasteiger partial charge is 0.489 e. The number of rotatable bonds is 11. The van der Waals surface area contributed by atoms with Gasteiger partial charge in [-0.3, -0.25) is 4.79 Å². The van der Waals surface area contributed by atoms with Crippen molar-refractivity contribution in [2.24, 2.45) is 5.92 Å². The standard InChI is InChI=1S/C27H35NO6/c1-19-9-12-27(13-10-19,26(30)31)28-25(29)22-7-8-23(34-16-15-32-3)24(18-22)33-14-11-21-6-4-5-20(2)17-21/h4-8,17-19H,9-16H2,1-3H3,(H,28,29)(H,30,31). The molecule has 0 spiro atoms. The molecule has 2 aromatic rings. The molecule has 1 aliphatic carbocycles. The first-order valence-corrected chi connectivity index (χ1v) is 11.8. The maximum absolute atomic E-state index is 13.1. The Morgan fingerprint density at radius 1 is 1.03 bits per heavy atom. The van der Waals surface area contributed by atoms with Gasteiger partial charge >= 0.3 is 5.97 Å². The van der Waals surface area contributed by atoms with Crippen LogP contribution in [0, 0.1) is 12.8 Å². The molecular weight excluding hydrogens is 434 g/mol. The lowest BCUT2D eigenvalue weighted by molar-refractivity contribution is -0.146. The van der Waals surface area contributed by atoms with Crippen LogP contribution in [0.3, 0.4) is 0 Å². The molecule has 0 atom stereocenters. The first-order valence-electron chi connectivity index (χ1n) is 11.8. The first-order chi connectivity index (χ1) is 16.3. The van der Waals surface area contributed by atoms with Gasteiger partial charge in [-0.25, -0.2) is 4.79 Å². The summed E-state index contributed by atoms with van der Waals surface area (Å²) >= 11 is 0. The number of hydrogen-bond acceptors (Lipinski definition) is 5. The van der Waals surface area contributed by atoms with Crippen LogP contribution in [0.2, 0.25) is 0 Å². The van der Waals surface area contributed by atoms with Gasteiger partial charge in [0.05, 0.1) is 13.2 Å². The van der Waals surface area contributed by atoms with Crippen molar-refractivity contribution >= 4 is 11.9 Å². The fraction of sp³-hybridized carbons (Fsp3) is 0.481. The van der Waals surface area contributed by atoms with Gasteiger partial charge in [0.1, 0.15) is 12.1 Å². The van der Waals surface area contributed by atoms with Crippen LogP contribution in [-0.4, -0.2) is 49.5 Å². The minimum atomic E-state index is -1.23. The lowest BCUT2D eigenvalue weighted by atomic mass is 9.77. The highest BCUT2D eigenvalue weighted by Crippen LogP contribution is 2.33. The van der Waals surface area contributed by atoms with Crippen molar-refractivity contribution in [1.82, 2.24) is 5.32 Å². The third kappa shape index (κ3) is 6.73. The average molecular weight is 470 g/mol. The number of amides is 1. The van der Waals surface area contributed by atoms with Gasteiger partial charge in [-0.1, -0.05) is 36.8 Å². The minimum absolute atomic E-state index is 0.337. The summed E-state index contributed by atoms with van der Waals surface area (Å²) in [4.78, 5) is 25.1. The zero-order valence-corrected chi connectivity index (χ0v) is 20.3. The summed E-state index contributed by atoms with van der Waals surface area (Å²) in [6, 6.07) is 13.2. The van der Waals surface area contributed by atoms with Crippen molar-refractivity contribution in [2.45, 2.75) is 51.5 Å². The maximum Gasteiger partial charge on any atom is 0.329 e. The third-order valence-corrected chi connectivity index (χ3v) is 6.37. The highest BCUT2D eigenvalue weighted by Gasteiger charge is 2.42. The molecule has 0 unspecified atom stereocenters. The van der Waals surface area contributed by atoms with E-state index < -0.39 is 17.4 Å². The molecule has 1 saturated carbocycles. The summed E-state index contributed by atoms with van der Waals surface area (Å²) in [5, 5.41) is 12.7. The van der Waals surface area contributed by atoms with E-state index in [1.54, 1.807) is 25.3 Å². The molecule has 7 heteroatoms. The second-order valence-corrected chi connectivity index (χ2v) is 9.11. The number of carbonyl (C=O) groups is 2. The van der Waals surface area contributed by atoms with E-state index in [4.69, 9.17) is 14.2 Å². The zero-order valence-electron chi connectivity index (χ0n) is 20.3. The number of carbonyl (C=O) groups excluding carboxylic acids is 1. The van der Waals surface area contributed by atoms with Gasteiger partial charge in [-0.2, -0.15) is 0 Å². The molecule has 0 bridgehead atoms. The van der Waals surface area contributed by atoms with Gasteiger partial charge in [-0.15, -0.1) is 0 Å². The van der Waals surface area contributed by atoms with Crippen LogP contribution in [-0.2, 0) is 16.0 Å². The van der Waals surface area contributed by atoms with Gasteiger partial charge in [-0.05, 0) is 62.3 Å². The van der Waals surface area contributed by atoms with Crippen molar-refractivity contribution in [3.63, 3.8) is 0 Å². The van der Waals surface area contributed by atoms with Gasteiger partial charge in [0, 0.05) is 19.1 Å². The van der Waals surface area contributed by atoms with E-state index in [1.807, 2.05) is 25.1 Å². The van der Waals surface area contributed by atoms with Crippen molar-refractivity contribution in [1.29, 1.82) is 0 Å². The number of carboxylic acid groups (broad SMARTS) is 1. The highest BCUT2D eigenvalue weighted by molar-refractivity contribution is 5.98. The number of hydrogen-bond donors (Lipinski definition) is 2. The topological polar surface area (TPSA) is 94.1 Å². The normalized spacial score (nSPS) is 19.9. The Bertz CT molecular complexity index is 981. The monoisotopic (exact) mass is 469 g/mol. The second-order valence-electron chi connectivity index (χ2n) is 9.11. The summed E-state index contributed by atoms with van der Waals surface area (Å²) in [6.07, 6.45) is 3.09. The SMILES string of the molecule is COCCOc1ccc(C(=O)NC2(C(=O)O)CCC(C)CC2)cc1OCCc1cccc(C)c1. The van der Waals surface area contributed by atoms with E-state index in [0.29, 0.717) is 62.1 Å². The molecule has 34 heavy (non-hydrogen) atoms. The Balaban J connectivity index is 1.74. The molecule has 2 N–H and O–H groups in total. The van der Waals surface area contributed by atoms with E-state index in [1.165, 1.54) is 5.56 Å². The predicted molar refractivity (Wildman–Crippen MR) is 130 cm³/mol. The maximum atomic E-state index is 13.1. The molecular formula is C27H35NO6. The van der Waals surface area contributed by atoms with E-state index in [-0.39, 0.29) is 0 Å². The van der Waals surface area contributed by atoms with Crippen LogP contribution in [0.25, 0.3) is 0 Å². The summed E-state index contributed by atoms with van der Waals surface area (Å²) in [6.45, 7) is 5.33. The van der Waals surface area contributed by atoms with E-state index in [2.05, 4.69) is 18.3 Å². The Hall–Kier alpha value is -3.06. The molecule has 0 radical (unpaired) electrons. The molecule has 0 heterocycles.